The molecule has 2 N–H and O–H groups in total. The SMILES string of the molecule is O=c1[nH]nc(C2=CCC(Cl)C=C2)n1C[C@H](O)C(F)(F)F. The van der Waals surface area contributed by atoms with Crippen LogP contribution in [0.25, 0.3) is 5.57 Å². The maximum absolute atomic E-state index is 12.4. The van der Waals surface area contributed by atoms with E-state index in [1.807, 2.05) is 0 Å². The van der Waals surface area contributed by atoms with Gasteiger partial charge < -0.3 is 5.11 Å². The number of H-pyrrole nitrogens is 1. The lowest BCUT2D eigenvalue weighted by atomic mass is 10.1. The summed E-state index contributed by atoms with van der Waals surface area (Å²) in [6.07, 6.45) is -2.05. The Balaban J connectivity index is 2.29. The van der Waals surface area contributed by atoms with E-state index in [-0.39, 0.29) is 11.2 Å². The highest BCUT2D eigenvalue weighted by Crippen LogP contribution is 2.24. The number of halogens is 4. The van der Waals surface area contributed by atoms with E-state index in [1.54, 1.807) is 18.2 Å². The van der Waals surface area contributed by atoms with Gasteiger partial charge in [0.05, 0.1) is 11.9 Å². The molecule has 2 atom stereocenters. The molecular formula is C11H11ClF3N3O2. The van der Waals surface area contributed by atoms with Crippen LogP contribution in [0.5, 0.6) is 0 Å². The van der Waals surface area contributed by atoms with Crippen LogP contribution >= 0.6 is 11.6 Å². The summed E-state index contributed by atoms with van der Waals surface area (Å²) in [7, 11) is 0. The van der Waals surface area contributed by atoms with E-state index >= 15 is 0 Å². The number of nitrogens with one attached hydrogen (secondary N) is 1. The van der Waals surface area contributed by atoms with Crippen LogP contribution in [0.3, 0.4) is 0 Å². The zero-order chi connectivity index (χ0) is 14.9. The van der Waals surface area contributed by atoms with Gasteiger partial charge in [-0.05, 0) is 6.42 Å². The summed E-state index contributed by atoms with van der Waals surface area (Å²) in [6.45, 7) is -0.913. The van der Waals surface area contributed by atoms with Crippen molar-refractivity contribution in [1.82, 2.24) is 14.8 Å². The lowest BCUT2D eigenvalue weighted by Crippen LogP contribution is -2.36. The third-order valence-electron chi connectivity index (χ3n) is 2.80. The molecule has 0 aliphatic heterocycles. The Morgan fingerprint density at radius 2 is 2.30 bits per heavy atom. The van der Waals surface area contributed by atoms with Crippen molar-refractivity contribution < 1.29 is 18.3 Å². The molecule has 110 valence electrons. The monoisotopic (exact) mass is 309 g/mol. The lowest BCUT2D eigenvalue weighted by Gasteiger charge is -2.16. The molecule has 2 rings (SSSR count). The van der Waals surface area contributed by atoms with Gasteiger partial charge in [0.2, 0.25) is 0 Å². The first-order valence-electron chi connectivity index (χ1n) is 5.72. The third-order valence-corrected chi connectivity index (χ3v) is 3.12. The largest absolute Gasteiger partial charge is 0.416 e. The van der Waals surface area contributed by atoms with Gasteiger partial charge in [-0.1, -0.05) is 18.2 Å². The van der Waals surface area contributed by atoms with E-state index in [0.717, 1.165) is 4.57 Å². The van der Waals surface area contributed by atoms with E-state index < -0.39 is 24.5 Å². The minimum absolute atomic E-state index is 0.0399. The lowest BCUT2D eigenvalue weighted by molar-refractivity contribution is -0.207. The molecule has 1 heterocycles. The molecule has 0 aromatic carbocycles. The molecule has 0 spiro atoms. The smallest absolute Gasteiger partial charge is 0.382 e. The summed E-state index contributed by atoms with van der Waals surface area (Å²) in [5, 5.41) is 14.6. The average Bonchev–Trinajstić information content (AvgIpc) is 2.71. The molecule has 1 aromatic rings. The summed E-state index contributed by atoms with van der Waals surface area (Å²) in [6, 6.07) is 0. The quantitative estimate of drug-likeness (QED) is 0.830. The topological polar surface area (TPSA) is 70.9 Å². The number of aliphatic hydroxyl groups excluding tert-OH is 1. The Morgan fingerprint density at radius 3 is 2.85 bits per heavy atom. The fourth-order valence-corrected chi connectivity index (χ4v) is 1.91. The zero-order valence-electron chi connectivity index (χ0n) is 10.1. The van der Waals surface area contributed by atoms with Crippen LogP contribution < -0.4 is 5.69 Å². The van der Waals surface area contributed by atoms with Gasteiger partial charge in [0, 0.05) is 5.57 Å². The van der Waals surface area contributed by atoms with E-state index in [2.05, 4.69) is 10.2 Å². The van der Waals surface area contributed by atoms with Crippen LogP contribution in [0, 0.1) is 0 Å². The predicted octanol–water partition coefficient (Wildman–Crippen LogP) is 1.45. The van der Waals surface area contributed by atoms with Crippen LogP contribution in [0.2, 0.25) is 0 Å². The minimum atomic E-state index is -4.80. The van der Waals surface area contributed by atoms with Gasteiger partial charge in [0.1, 0.15) is 0 Å². The van der Waals surface area contributed by atoms with Crippen LogP contribution in [0.15, 0.2) is 23.0 Å². The first-order chi connectivity index (χ1) is 9.29. The Bertz CT molecular complexity index is 603. The molecule has 1 aromatic heterocycles. The Labute approximate surface area is 116 Å². The van der Waals surface area contributed by atoms with Gasteiger partial charge >= 0.3 is 11.9 Å². The van der Waals surface area contributed by atoms with E-state index in [0.29, 0.717) is 12.0 Å². The van der Waals surface area contributed by atoms with Crippen molar-refractivity contribution >= 4 is 17.2 Å². The van der Waals surface area contributed by atoms with Crippen molar-refractivity contribution in [3.63, 3.8) is 0 Å². The van der Waals surface area contributed by atoms with Crippen molar-refractivity contribution in [1.29, 1.82) is 0 Å². The van der Waals surface area contributed by atoms with E-state index in [9.17, 15) is 18.0 Å². The van der Waals surface area contributed by atoms with Crippen LogP contribution in [0.1, 0.15) is 12.2 Å². The van der Waals surface area contributed by atoms with E-state index in [4.69, 9.17) is 16.7 Å². The van der Waals surface area contributed by atoms with Crippen LogP contribution in [0.4, 0.5) is 13.2 Å². The second-order valence-corrected chi connectivity index (χ2v) is 4.85. The van der Waals surface area contributed by atoms with Crippen LogP contribution in [-0.4, -0.2) is 37.5 Å². The summed E-state index contributed by atoms with van der Waals surface area (Å²) < 4.78 is 37.8. The maximum Gasteiger partial charge on any atom is 0.416 e. The number of hydrogen-bond acceptors (Lipinski definition) is 3. The number of alkyl halides is 4. The molecule has 0 saturated carbocycles. The second-order valence-electron chi connectivity index (χ2n) is 4.29. The highest BCUT2D eigenvalue weighted by molar-refractivity contribution is 6.22. The summed E-state index contributed by atoms with van der Waals surface area (Å²) in [5.41, 5.74) is -0.333. The van der Waals surface area contributed by atoms with Crippen LogP contribution in [-0.2, 0) is 6.54 Å². The number of rotatable bonds is 3. The van der Waals surface area contributed by atoms with Crippen molar-refractivity contribution in [2.75, 3.05) is 0 Å². The van der Waals surface area contributed by atoms with E-state index in [1.165, 1.54) is 0 Å². The molecule has 0 amide bonds. The van der Waals surface area contributed by atoms with Gasteiger partial charge in [-0.15, -0.1) is 11.6 Å². The van der Waals surface area contributed by atoms with Crippen molar-refractivity contribution in [3.05, 3.63) is 34.5 Å². The fourth-order valence-electron chi connectivity index (χ4n) is 1.74. The molecule has 0 bridgehead atoms. The number of allylic oxidation sites excluding steroid dienone is 4. The fraction of sp³-hybridized carbons (Fsp3) is 0.455. The molecule has 1 aliphatic rings. The second kappa shape index (κ2) is 5.45. The number of aliphatic hydroxyl groups is 1. The molecule has 20 heavy (non-hydrogen) atoms. The summed E-state index contributed by atoms with van der Waals surface area (Å²) in [4.78, 5) is 11.5. The first kappa shape index (κ1) is 14.9. The zero-order valence-corrected chi connectivity index (χ0v) is 10.8. The number of nitrogens with zero attached hydrogens (tertiary/aromatic N) is 2. The number of aromatic amines is 1. The molecule has 0 radical (unpaired) electrons. The Morgan fingerprint density at radius 1 is 1.60 bits per heavy atom. The van der Waals surface area contributed by atoms with Crippen molar-refractivity contribution in [2.45, 2.75) is 30.6 Å². The first-order valence-corrected chi connectivity index (χ1v) is 6.15. The molecular weight excluding hydrogens is 299 g/mol. The Hall–Kier alpha value is -1.54. The Kier molecular flexibility index (Phi) is 4.05. The summed E-state index contributed by atoms with van der Waals surface area (Å²) in [5.74, 6) is 0.0399. The third kappa shape index (κ3) is 3.13. The predicted molar refractivity (Wildman–Crippen MR) is 66.3 cm³/mol. The molecule has 9 heteroatoms. The number of aromatic nitrogens is 3. The van der Waals surface area contributed by atoms with Gasteiger partial charge in [0.15, 0.2) is 11.9 Å². The normalized spacial score (nSPS) is 20.9. The molecule has 1 unspecified atom stereocenters. The van der Waals surface area contributed by atoms with Gasteiger partial charge in [-0.3, -0.25) is 4.57 Å². The standard InChI is InChI=1S/C11H11ClF3N3O2/c12-7-3-1-6(2-4-7)9-16-17-10(20)18(9)5-8(19)11(13,14)15/h1-3,7-8,19H,4-5H2,(H,17,20)/t7?,8-/m0/s1. The molecule has 5 nitrogen and oxygen atoms in total. The highest BCUT2D eigenvalue weighted by atomic mass is 35.5. The van der Waals surface area contributed by atoms with Crippen molar-refractivity contribution in [3.8, 4) is 0 Å². The van der Waals surface area contributed by atoms with Crippen molar-refractivity contribution in [2.24, 2.45) is 0 Å². The maximum atomic E-state index is 12.4. The molecule has 0 saturated heterocycles. The molecule has 0 fully saturated rings. The summed E-state index contributed by atoms with van der Waals surface area (Å²) >= 11 is 5.84. The average molecular weight is 310 g/mol. The minimum Gasteiger partial charge on any atom is -0.382 e. The number of hydrogen-bond donors (Lipinski definition) is 2. The van der Waals surface area contributed by atoms with Gasteiger partial charge in [-0.25, -0.2) is 9.89 Å². The van der Waals surface area contributed by atoms with Gasteiger partial charge in [-0.2, -0.15) is 18.3 Å². The highest BCUT2D eigenvalue weighted by Gasteiger charge is 2.39. The van der Waals surface area contributed by atoms with Gasteiger partial charge in [0.25, 0.3) is 0 Å². The molecule has 1 aliphatic carbocycles.